The van der Waals surface area contributed by atoms with Gasteiger partial charge in [0.2, 0.25) is 5.91 Å². The molecule has 4 rings (SSSR count). The molecule has 0 bridgehead atoms. The second-order valence-electron chi connectivity index (χ2n) is 8.61. The number of nitrogens with one attached hydrogen (secondary N) is 1. The van der Waals surface area contributed by atoms with Gasteiger partial charge in [-0.2, -0.15) is 8.42 Å². The van der Waals surface area contributed by atoms with Crippen molar-refractivity contribution in [3.63, 3.8) is 0 Å². The fourth-order valence-electron chi connectivity index (χ4n) is 4.21. The van der Waals surface area contributed by atoms with E-state index in [0.717, 1.165) is 11.1 Å². The Morgan fingerprint density at radius 1 is 1.09 bits per heavy atom. The van der Waals surface area contributed by atoms with Crippen molar-refractivity contribution in [2.24, 2.45) is 5.92 Å². The number of amides is 2. The van der Waals surface area contributed by atoms with Crippen LogP contribution in [0.3, 0.4) is 0 Å². The smallest absolute Gasteiger partial charge is 0.411 e. The highest BCUT2D eigenvalue weighted by Crippen LogP contribution is 2.42. The number of nitrogens with zero attached hydrogens (tertiary/aromatic N) is 3. The van der Waals surface area contributed by atoms with Gasteiger partial charge in [-0.1, -0.05) is 26.0 Å². The Kier molecular flexibility index (Phi) is 5.28. The summed E-state index contributed by atoms with van der Waals surface area (Å²) in [6.45, 7) is 5.96. The molecule has 9 nitrogen and oxygen atoms in total. The first kappa shape index (κ1) is 21.9. The van der Waals surface area contributed by atoms with E-state index < -0.39 is 16.3 Å². The van der Waals surface area contributed by atoms with Gasteiger partial charge in [0.1, 0.15) is 0 Å². The number of carbonyl (C=O) groups is 2. The van der Waals surface area contributed by atoms with Crippen LogP contribution in [0.2, 0.25) is 0 Å². The van der Waals surface area contributed by atoms with Gasteiger partial charge in [-0.05, 0) is 48.2 Å². The number of rotatable bonds is 3. The highest BCUT2D eigenvalue weighted by Gasteiger charge is 2.35. The Bertz CT molecular complexity index is 1210. The van der Waals surface area contributed by atoms with Gasteiger partial charge in [-0.25, -0.2) is 4.79 Å². The van der Waals surface area contributed by atoms with E-state index in [-0.39, 0.29) is 24.4 Å². The molecule has 2 aliphatic heterocycles. The third-order valence-corrected chi connectivity index (χ3v) is 7.16. The summed E-state index contributed by atoms with van der Waals surface area (Å²) in [7, 11) is -2.13. The molecule has 0 aliphatic carbocycles. The third kappa shape index (κ3) is 3.64. The Hall–Kier alpha value is -3.27. The third-order valence-electron chi connectivity index (χ3n) is 5.77. The van der Waals surface area contributed by atoms with Gasteiger partial charge >= 0.3 is 16.3 Å². The fourth-order valence-corrected chi connectivity index (χ4v) is 5.21. The van der Waals surface area contributed by atoms with E-state index in [4.69, 9.17) is 0 Å². The number of carboxylic acid groups (broad SMARTS) is 1. The summed E-state index contributed by atoms with van der Waals surface area (Å²) >= 11 is 0. The van der Waals surface area contributed by atoms with Crippen LogP contribution in [-0.2, 0) is 15.0 Å². The van der Waals surface area contributed by atoms with Crippen molar-refractivity contribution in [3.05, 3.63) is 36.4 Å². The summed E-state index contributed by atoms with van der Waals surface area (Å²) in [4.78, 5) is 27.8. The van der Waals surface area contributed by atoms with Crippen LogP contribution in [0.15, 0.2) is 36.4 Å². The molecule has 2 heterocycles. The Morgan fingerprint density at radius 3 is 2.34 bits per heavy atom. The van der Waals surface area contributed by atoms with E-state index in [0.29, 0.717) is 29.2 Å². The molecule has 0 spiro atoms. The summed E-state index contributed by atoms with van der Waals surface area (Å²) in [6.07, 6.45) is -0.716. The molecule has 2 N–H and O–H groups in total. The molecule has 0 unspecified atom stereocenters. The van der Waals surface area contributed by atoms with Crippen LogP contribution in [0, 0.1) is 5.92 Å². The van der Waals surface area contributed by atoms with Gasteiger partial charge in [0.05, 0.1) is 28.8 Å². The lowest BCUT2D eigenvalue weighted by molar-refractivity contribution is -0.119. The Labute approximate surface area is 187 Å². The summed E-state index contributed by atoms with van der Waals surface area (Å²) in [5.74, 6) is 0.144. The molecule has 32 heavy (non-hydrogen) atoms. The highest BCUT2D eigenvalue weighted by atomic mass is 32.2. The Balaban J connectivity index is 1.79. The molecule has 2 aromatic rings. The monoisotopic (exact) mass is 458 g/mol. The predicted molar refractivity (Wildman–Crippen MR) is 125 cm³/mol. The second kappa shape index (κ2) is 7.70. The first-order valence-corrected chi connectivity index (χ1v) is 11.8. The maximum atomic E-state index is 12.9. The van der Waals surface area contributed by atoms with E-state index in [9.17, 15) is 23.1 Å². The van der Waals surface area contributed by atoms with Crippen LogP contribution in [0.1, 0.15) is 27.2 Å². The van der Waals surface area contributed by atoms with Crippen LogP contribution in [0.25, 0.3) is 11.1 Å². The summed E-state index contributed by atoms with van der Waals surface area (Å²) < 4.78 is 27.8. The van der Waals surface area contributed by atoms with E-state index >= 15 is 0 Å². The molecule has 10 heteroatoms. The lowest BCUT2D eigenvalue weighted by atomic mass is 9.99. The minimum absolute atomic E-state index is 0.0398. The standard InChI is InChI=1S/C22H26N4O5S/c1-13(2)9-21(27)26-14(3)12-25(22(28)29)20-11-16(6-8-18(20)26)15-5-7-17-19(10-15)24(4)32(30,31)23-17/h5-8,10-11,13-14,23H,9,12H2,1-4H3,(H,28,29)/t14-/m0/s1. The highest BCUT2D eigenvalue weighted by molar-refractivity contribution is 7.94. The molecule has 0 aromatic heterocycles. The number of benzene rings is 2. The molecule has 1 atom stereocenters. The average molecular weight is 459 g/mol. The number of fused-ring (bicyclic) bond motifs is 2. The average Bonchev–Trinajstić information content (AvgIpc) is 2.94. The number of hydrogen-bond donors (Lipinski definition) is 2. The Morgan fingerprint density at radius 2 is 1.72 bits per heavy atom. The van der Waals surface area contributed by atoms with Gasteiger partial charge in [0, 0.05) is 20.0 Å². The molecule has 0 saturated heterocycles. The van der Waals surface area contributed by atoms with E-state index in [1.165, 1.54) is 16.3 Å². The van der Waals surface area contributed by atoms with Crippen molar-refractivity contribution in [3.8, 4) is 11.1 Å². The SMILES string of the molecule is CC(C)CC(=O)N1c2ccc(-c3ccc4c(c3)N(C)S(=O)(=O)N4)cc2N(C(=O)O)C[C@@H]1C. The second-order valence-corrected chi connectivity index (χ2v) is 10.3. The first-order chi connectivity index (χ1) is 15.0. The van der Waals surface area contributed by atoms with Crippen LogP contribution in [-0.4, -0.2) is 45.2 Å². The quantitative estimate of drug-likeness (QED) is 0.728. The van der Waals surface area contributed by atoms with E-state index in [1.807, 2.05) is 26.8 Å². The van der Waals surface area contributed by atoms with Crippen LogP contribution >= 0.6 is 0 Å². The summed E-state index contributed by atoms with van der Waals surface area (Å²) in [5, 5.41) is 9.79. The molecule has 0 radical (unpaired) electrons. The van der Waals surface area contributed by atoms with Gasteiger partial charge < -0.3 is 10.0 Å². The summed E-state index contributed by atoms with van der Waals surface area (Å²) in [5.41, 5.74) is 3.45. The summed E-state index contributed by atoms with van der Waals surface area (Å²) in [6, 6.07) is 10.2. The van der Waals surface area contributed by atoms with Crippen LogP contribution in [0.5, 0.6) is 0 Å². The van der Waals surface area contributed by atoms with Gasteiger partial charge in [-0.15, -0.1) is 0 Å². The largest absolute Gasteiger partial charge is 0.465 e. The lowest BCUT2D eigenvalue weighted by Gasteiger charge is -2.40. The fraction of sp³-hybridized carbons (Fsp3) is 0.364. The van der Waals surface area contributed by atoms with Crippen molar-refractivity contribution in [2.45, 2.75) is 33.2 Å². The molecule has 2 amide bonds. The zero-order valence-electron chi connectivity index (χ0n) is 18.4. The van der Waals surface area contributed by atoms with Gasteiger partial charge in [0.15, 0.2) is 0 Å². The maximum Gasteiger partial charge on any atom is 0.411 e. The van der Waals surface area contributed by atoms with Crippen molar-refractivity contribution in [1.82, 2.24) is 0 Å². The molecular weight excluding hydrogens is 432 g/mol. The zero-order chi connectivity index (χ0) is 23.4. The number of anilines is 4. The van der Waals surface area contributed by atoms with E-state index in [1.54, 1.807) is 35.2 Å². The lowest BCUT2D eigenvalue weighted by Crippen LogP contribution is -2.51. The number of carbonyl (C=O) groups excluding carboxylic acids is 1. The van der Waals surface area contributed by atoms with Crippen molar-refractivity contribution < 1.29 is 23.1 Å². The minimum Gasteiger partial charge on any atom is -0.465 e. The molecule has 2 aromatic carbocycles. The first-order valence-electron chi connectivity index (χ1n) is 10.4. The van der Waals surface area contributed by atoms with Gasteiger partial charge in [0.25, 0.3) is 0 Å². The minimum atomic E-state index is -3.60. The van der Waals surface area contributed by atoms with Crippen LogP contribution in [0.4, 0.5) is 27.5 Å². The van der Waals surface area contributed by atoms with Crippen molar-refractivity contribution in [2.75, 3.05) is 32.4 Å². The molecular formula is C22H26N4O5S. The zero-order valence-corrected chi connectivity index (χ0v) is 19.2. The topological polar surface area (TPSA) is 110 Å². The maximum absolute atomic E-state index is 12.9. The molecule has 0 saturated carbocycles. The molecule has 0 fully saturated rings. The number of hydrogen-bond acceptors (Lipinski definition) is 4. The normalized spacial score (nSPS) is 18.9. The van der Waals surface area contributed by atoms with Crippen molar-refractivity contribution in [1.29, 1.82) is 0 Å². The van der Waals surface area contributed by atoms with Crippen molar-refractivity contribution >= 4 is 45.0 Å². The molecule has 170 valence electrons. The predicted octanol–water partition coefficient (Wildman–Crippen LogP) is 3.73. The van der Waals surface area contributed by atoms with E-state index in [2.05, 4.69) is 4.72 Å². The van der Waals surface area contributed by atoms with Crippen LogP contribution < -0.4 is 18.8 Å². The van der Waals surface area contributed by atoms with Gasteiger partial charge in [-0.3, -0.25) is 18.7 Å². The molecule has 2 aliphatic rings.